The van der Waals surface area contributed by atoms with Crippen LogP contribution in [0.3, 0.4) is 0 Å². The maximum Gasteiger partial charge on any atom is 0.160 e. The molecule has 14 rings (SSSR count). The molecule has 0 bridgehead atoms. The first-order valence-electron chi connectivity index (χ1n) is 23.9. The highest BCUT2D eigenvalue weighted by Gasteiger charge is 2.52. The van der Waals surface area contributed by atoms with Crippen LogP contribution in [0.5, 0.6) is 0 Å². The first kappa shape index (κ1) is 39.9. The van der Waals surface area contributed by atoms with Crippen molar-refractivity contribution in [3.8, 4) is 67.4 Å². The van der Waals surface area contributed by atoms with E-state index >= 15 is 0 Å². The number of anilines is 3. The molecule has 0 atom stereocenters. The molecule has 0 radical (unpaired) electrons. The van der Waals surface area contributed by atoms with Gasteiger partial charge in [-0.2, -0.15) is 0 Å². The van der Waals surface area contributed by atoms with Crippen molar-refractivity contribution in [2.45, 2.75) is 5.41 Å². The van der Waals surface area contributed by atoms with Gasteiger partial charge in [0.15, 0.2) is 5.82 Å². The largest absolute Gasteiger partial charge is 0.310 e. The van der Waals surface area contributed by atoms with Gasteiger partial charge in [0.2, 0.25) is 0 Å². The molecule has 0 saturated carbocycles. The number of benzene rings is 10. The zero-order valence-electron chi connectivity index (χ0n) is 38.0. The molecule has 10 aromatic carbocycles. The van der Waals surface area contributed by atoms with E-state index in [2.05, 4.69) is 235 Å². The first-order chi connectivity index (χ1) is 34.7. The van der Waals surface area contributed by atoms with Gasteiger partial charge in [-0.25, -0.2) is 15.0 Å². The third-order valence-corrected chi connectivity index (χ3v) is 14.5. The van der Waals surface area contributed by atoms with Crippen molar-refractivity contribution >= 4 is 38.7 Å². The molecule has 2 aromatic heterocycles. The molecule has 0 fully saturated rings. The van der Waals surface area contributed by atoms with Crippen LogP contribution in [0.4, 0.5) is 17.1 Å². The highest BCUT2D eigenvalue weighted by molar-refractivity contribution is 6.14. The van der Waals surface area contributed by atoms with E-state index in [4.69, 9.17) is 15.0 Å². The Kier molecular flexibility index (Phi) is 9.08. The van der Waals surface area contributed by atoms with Gasteiger partial charge in [0, 0.05) is 38.7 Å². The summed E-state index contributed by atoms with van der Waals surface area (Å²) in [5, 5.41) is 3.46. The fourth-order valence-corrected chi connectivity index (χ4v) is 11.4. The van der Waals surface area contributed by atoms with Crippen molar-refractivity contribution in [2.75, 3.05) is 4.90 Å². The Morgan fingerprint density at radius 2 is 0.843 bits per heavy atom. The Morgan fingerprint density at radius 1 is 0.314 bits per heavy atom. The second-order valence-electron chi connectivity index (χ2n) is 18.2. The van der Waals surface area contributed by atoms with Crippen molar-refractivity contribution in [1.29, 1.82) is 0 Å². The number of hydrogen-bond donors (Lipinski definition) is 0. The maximum atomic E-state index is 5.43. The summed E-state index contributed by atoms with van der Waals surface area (Å²) >= 11 is 0. The summed E-state index contributed by atoms with van der Waals surface area (Å²) in [7, 11) is 0. The number of aromatic nitrogens is 3. The quantitative estimate of drug-likeness (QED) is 0.156. The minimum atomic E-state index is -0.660. The smallest absolute Gasteiger partial charge is 0.160 e. The number of rotatable bonds is 6. The number of hydrogen-bond acceptors (Lipinski definition) is 4. The van der Waals surface area contributed by atoms with Crippen molar-refractivity contribution in [2.24, 2.45) is 0 Å². The molecular formula is C66H42N4. The molecule has 70 heavy (non-hydrogen) atoms. The normalized spacial score (nSPS) is 12.9. The number of fused-ring (bicyclic) bond motifs is 12. The molecule has 0 N–H and O–H groups in total. The van der Waals surface area contributed by atoms with E-state index in [1.165, 1.54) is 55.7 Å². The summed E-state index contributed by atoms with van der Waals surface area (Å²) in [6, 6.07) is 91.8. The topological polar surface area (TPSA) is 41.9 Å². The average Bonchev–Trinajstić information content (AvgIpc) is 3.73. The lowest BCUT2D eigenvalue weighted by atomic mass is 9.64. The Balaban J connectivity index is 1.04. The molecule has 2 aliphatic rings. The summed E-state index contributed by atoms with van der Waals surface area (Å²) in [4.78, 5) is 18.1. The van der Waals surface area contributed by atoms with E-state index in [0.717, 1.165) is 66.9 Å². The zero-order chi connectivity index (χ0) is 46.2. The van der Waals surface area contributed by atoms with Crippen LogP contribution < -0.4 is 4.90 Å². The van der Waals surface area contributed by atoms with Crippen LogP contribution in [0.25, 0.3) is 89.1 Å². The van der Waals surface area contributed by atoms with Gasteiger partial charge in [-0.05, 0) is 98.4 Å². The van der Waals surface area contributed by atoms with Crippen LogP contribution in [0.2, 0.25) is 0 Å². The highest BCUT2D eigenvalue weighted by Crippen LogP contribution is 2.65. The van der Waals surface area contributed by atoms with Crippen molar-refractivity contribution < 1.29 is 0 Å². The van der Waals surface area contributed by atoms with Crippen molar-refractivity contribution in [3.05, 3.63) is 277 Å². The summed E-state index contributed by atoms with van der Waals surface area (Å²) in [5.74, 6) is 0.701. The monoisotopic (exact) mass is 890 g/mol. The second-order valence-corrected chi connectivity index (χ2v) is 18.2. The predicted molar refractivity (Wildman–Crippen MR) is 288 cm³/mol. The summed E-state index contributed by atoms with van der Waals surface area (Å²) in [6.07, 6.45) is 0. The summed E-state index contributed by atoms with van der Waals surface area (Å²) in [5.41, 5.74) is 20.5. The molecule has 1 aliphatic heterocycles. The third-order valence-electron chi connectivity index (χ3n) is 14.5. The van der Waals surface area contributed by atoms with E-state index in [1.807, 2.05) is 24.3 Å². The van der Waals surface area contributed by atoms with Crippen LogP contribution in [-0.2, 0) is 5.41 Å². The lowest BCUT2D eigenvalue weighted by molar-refractivity contribution is 0.754. The van der Waals surface area contributed by atoms with E-state index in [1.54, 1.807) is 0 Å². The van der Waals surface area contributed by atoms with E-state index in [-0.39, 0.29) is 0 Å². The van der Waals surface area contributed by atoms with Crippen LogP contribution in [0.1, 0.15) is 22.3 Å². The summed E-state index contributed by atoms with van der Waals surface area (Å²) in [6.45, 7) is 0. The number of pyridine rings is 1. The number of para-hydroxylation sites is 4. The Bertz CT molecular complexity index is 3880. The molecule has 0 amide bonds. The van der Waals surface area contributed by atoms with Crippen LogP contribution in [-0.4, -0.2) is 15.0 Å². The molecule has 0 saturated heterocycles. The van der Waals surface area contributed by atoms with Gasteiger partial charge in [0.05, 0.1) is 39.4 Å². The zero-order valence-corrected chi connectivity index (χ0v) is 38.0. The number of nitrogens with zero attached hydrogens (tertiary/aromatic N) is 4. The highest BCUT2D eigenvalue weighted by atomic mass is 15.2. The van der Waals surface area contributed by atoms with Gasteiger partial charge in [-0.15, -0.1) is 0 Å². The molecule has 326 valence electrons. The van der Waals surface area contributed by atoms with Crippen LogP contribution in [0.15, 0.2) is 255 Å². The van der Waals surface area contributed by atoms with Gasteiger partial charge >= 0.3 is 0 Å². The van der Waals surface area contributed by atoms with Gasteiger partial charge in [0.1, 0.15) is 0 Å². The fourth-order valence-electron chi connectivity index (χ4n) is 11.4. The minimum absolute atomic E-state index is 0.660. The van der Waals surface area contributed by atoms with Crippen molar-refractivity contribution in [3.63, 3.8) is 0 Å². The van der Waals surface area contributed by atoms with Gasteiger partial charge in [-0.1, -0.05) is 206 Å². The lowest BCUT2D eigenvalue weighted by Crippen LogP contribution is -2.36. The first-order valence-corrected chi connectivity index (χ1v) is 23.9. The SMILES string of the molecule is c1ccc(-c2cc(-c3ccc(-c4cccc5c4-c4cc6c(-c7ccccc7)nc7ccccc7c6cc4C54c5ccccc5N(c5ccccc5)c5ccccc54)cc3)nc(-c3ccccc3)n2)cc1. The van der Waals surface area contributed by atoms with Gasteiger partial charge < -0.3 is 4.90 Å². The molecular weight excluding hydrogens is 849 g/mol. The predicted octanol–water partition coefficient (Wildman–Crippen LogP) is 16.7. The molecule has 3 heterocycles. The Labute approximate surface area is 406 Å². The Morgan fingerprint density at radius 3 is 1.51 bits per heavy atom. The molecule has 4 nitrogen and oxygen atoms in total. The third kappa shape index (κ3) is 6.06. The van der Waals surface area contributed by atoms with E-state index in [9.17, 15) is 0 Å². The van der Waals surface area contributed by atoms with Crippen LogP contribution in [0, 0.1) is 0 Å². The molecule has 4 heteroatoms. The maximum absolute atomic E-state index is 5.43. The molecule has 1 spiro atoms. The van der Waals surface area contributed by atoms with Gasteiger partial charge in [-0.3, -0.25) is 0 Å². The summed E-state index contributed by atoms with van der Waals surface area (Å²) < 4.78 is 0. The molecule has 12 aromatic rings. The Hall–Kier alpha value is -9.25. The van der Waals surface area contributed by atoms with E-state index < -0.39 is 5.41 Å². The molecule has 1 aliphatic carbocycles. The standard InChI is InChI=1S/C66H42N4/c1-5-20-44(21-6-1)59-42-60(69-65(68-59)47-24-9-3-10-25-47)45-38-36-43(37-39-45)49-29-19-32-56-63(49)53-40-52-51(50-28-13-16-33-58(50)67-64(52)46-22-7-2-8-23-46)41-57(53)66(56)54-30-14-17-34-61(54)70(48-26-11-4-12-27-48)62-35-18-15-31-55(62)66/h1-42H. The fraction of sp³-hybridized carbons (Fsp3) is 0.0152. The minimum Gasteiger partial charge on any atom is -0.310 e. The molecule has 0 unspecified atom stereocenters. The average molecular weight is 891 g/mol. The van der Waals surface area contributed by atoms with Gasteiger partial charge in [0.25, 0.3) is 0 Å². The lowest BCUT2D eigenvalue weighted by Gasteiger charge is -2.45. The van der Waals surface area contributed by atoms with Crippen LogP contribution >= 0.6 is 0 Å². The van der Waals surface area contributed by atoms with Crippen molar-refractivity contribution in [1.82, 2.24) is 15.0 Å². The second kappa shape index (κ2) is 15.9. The van der Waals surface area contributed by atoms with E-state index in [0.29, 0.717) is 5.82 Å².